The zero-order valence-corrected chi connectivity index (χ0v) is 21.3. The number of carbonyl (C=O) groups excluding carboxylic acids is 2. The Labute approximate surface area is 207 Å². The summed E-state index contributed by atoms with van der Waals surface area (Å²) in [5.74, 6) is 0.0463. The highest BCUT2D eigenvalue weighted by molar-refractivity contribution is 6.37. The van der Waals surface area contributed by atoms with Gasteiger partial charge in [-0.1, -0.05) is 11.6 Å². The molecule has 2 amide bonds. The summed E-state index contributed by atoms with van der Waals surface area (Å²) in [6, 6.07) is 5.60. The number of halogens is 2. The van der Waals surface area contributed by atoms with Gasteiger partial charge in [-0.2, -0.15) is 0 Å². The number of hydrogen-bond donors (Lipinski definition) is 1. The summed E-state index contributed by atoms with van der Waals surface area (Å²) >= 11 is 6.29. The Balaban J connectivity index is 0.00000306. The number of hydrogen-bond acceptors (Lipinski definition) is 3. The molecular weight excluding hydrogens is 459 g/mol. The van der Waals surface area contributed by atoms with E-state index >= 15 is 0 Å². The average Bonchev–Trinajstić information content (AvgIpc) is 3.42. The van der Waals surface area contributed by atoms with Crippen molar-refractivity contribution in [3.8, 4) is 0 Å². The quantitative estimate of drug-likeness (QED) is 0.592. The second-order valence-corrected chi connectivity index (χ2v) is 9.43. The van der Waals surface area contributed by atoms with E-state index < -0.39 is 0 Å². The molecule has 8 heteroatoms. The molecule has 2 aromatic rings. The lowest BCUT2D eigenvalue weighted by Gasteiger charge is -2.18. The Morgan fingerprint density at radius 3 is 2.58 bits per heavy atom. The number of aromatic nitrogens is 1. The fourth-order valence-electron chi connectivity index (χ4n) is 4.70. The molecule has 33 heavy (non-hydrogen) atoms. The van der Waals surface area contributed by atoms with Gasteiger partial charge in [0.15, 0.2) is 0 Å². The molecule has 1 fully saturated rings. The molecule has 0 spiro atoms. The first-order chi connectivity index (χ1) is 15.3. The molecule has 0 saturated carbocycles. The van der Waals surface area contributed by atoms with Gasteiger partial charge in [-0.15, -0.1) is 12.4 Å². The van der Waals surface area contributed by atoms with Gasteiger partial charge in [-0.3, -0.25) is 9.59 Å². The molecule has 0 aliphatic carbocycles. The lowest BCUT2D eigenvalue weighted by molar-refractivity contribution is -0.113. The minimum absolute atomic E-state index is 0. The summed E-state index contributed by atoms with van der Waals surface area (Å²) in [6.45, 7) is 7.05. The van der Waals surface area contributed by atoms with Gasteiger partial charge in [0, 0.05) is 41.6 Å². The lowest BCUT2D eigenvalue weighted by atomic mass is 10.0. The van der Waals surface area contributed by atoms with Gasteiger partial charge in [-0.25, -0.2) is 0 Å². The summed E-state index contributed by atoms with van der Waals surface area (Å²) in [7, 11) is 4.06. The maximum absolute atomic E-state index is 13.4. The monoisotopic (exact) mass is 490 g/mol. The first kappa shape index (κ1) is 25.3. The van der Waals surface area contributed by atoms with Crippen molar-refractivity contribution in [2.75, 3.05) is 45.2 Å². The molecule has 0 radical (unpaired) electrons. The van der Waals surface area contributed by atoms with E-state index in [1.165, 1.54) is 0 Å². The Morgan fingerprint density at radius 1 is 1.21 bits per heavy atom. The summed E-state index contributed by atoms with van der Waals surface area (Å²) in [6.07, 6.45) is 4.87. The Bertz CT molecular complexity index is 1080. The van der Waals surface area contributed by atoms with Crippen LogP contribution in [-0.2, 0) is 4.79 Å². The van der Waals surface area contributed by atoms with Crippen molar-refractivity contribution in [3.63, 3.8) is 0 Å². The summed E-state index contributed by atoms with van der Waals surface area (Å²) in [5, 5.41) is 0.599. The van der Waals surface area contributed by atoms with Gasteiger partial charge in [0.2, 0.25) is 0 Å². The van der Waals surface area contributed by atoms with E-state index in [-0.39, 0.29) is 24.2 Å². The second kappa shape index (κ2) is 10.3. The first-order valence-electron chi connectivity index (χ1n) is 11.2. The third kappa shape index (κ3) is 4.98. The van der Waals surface area contributed by atoms with E-state index in [2.05, 4.69) is 9.88 Å². The SMILES string of the molecule is Cc1[nH]c(/C=C2\C(=O)N(CCCN(C)C)c3ccc(Cl)cc32)c(C)c1C(=O)N1CCCC1.Cl. The van der Waals surface area contributed by atoms with Crippen LogP contribution in [0.2, 0.25) is 5.02 Å². The van der Waals surface area contributed by atoms with Gasteiger partial charge in [0.05, 0.1) is 16.8 Å². The van der Waals surface area contributed by atoms with Crippen molar-refractivity contribution in [2.24, 2.45) is 0 Å². The van der Waals surface area contributed by atoms with Gasteiger partial charge in [-0.05, 0) is 83.6 Å². The number of nitrogens with one attached hydrogen (secondary N) is 1. The first-order valence-corrected chi connectivity index (χ1v) is 11.6. The zero-order valence-electron chi connectivity index (χ0n) is 19.7. The number of fused-ring (bicyclic) bond motifs is 1. The average molecular weight is 491 g/mol. The van der Waals surface area contributed by atoms with Gasteiger partial charge in [0.1, 0.15) is 0 Å². The Morgan fingerprint density at radius 2 is 1.91 bits per heavy atom. The molecule has 0 bridgehead atoms. The van der Waals surface area contributed by atoms with Crippen LogP contribution in [0.3, 0.4) is 0 Å². The summed E-state index contributed by atoms with van der Waals surface area (Å²) in [4.78, 5) is 35.7. The summed E-state index contributed by atoms with van der Waals surface area (Å²) in [5.41, 5.74) is 5.58. The van der Waals surface area contributed by atoms with Crippen molar-refractivity contribution < 1.29 is 9.59 Å². The number of anilines is 1. The lowest BCUT2D eigenvalue weighted by Crippen LogP contribution is -2.29. The highest BCUT2D eigenvalue weighted by Gasteiger charge is 2.33. The highest BCUT2D eigenvalue weighted by atomic mass is 35.5. The predicted molar refractivity (Wildman–Crippen MR) is 137 cm³/mol. The van der Waals surface area contributed by atoms with Gasteiger partial charge in [0.25, 0.3) is 11.8 Å². The molecule has 1 saturated heterocycles. The van der Waals surface area contributed by atoms with Crippen LogP contribution in [0.5, 0.6) is 0 Å². The molecule has 0 unspecified atom stereocenters. The molecule has 1 aromatic carbocycles. The number of nitrogens with zero attached hydrogens (tertiary/aromatic N) is 3. The minimum atomic E-state index is -0.0277. The summed E-state index contributed by atoms with van der Waals surface area (Å²) < 4.78 is 0. The molecular formula is C25H32Cl2N4O2. The Kier molecular flexibility index (Phi) is 7.93. The minimum Gasteiger partial charge on any atom is -0.358 e. The largest absolute Gasteiger partial charge is 0.358 e. The van der Waals surface area contributed by atoms with Crippen molar-refractivity contribution >= 4 is 53.2 Å². The van der Waals surface area contributed by atoms with Crippen LogP contribution in [-0.4, -0.2) is 66.9 Å². The molecule has 2 aliphatic rings. The fourth-order valence-corrected chi connectivity index (χ4v) is 4.87. The van der Waals surface area contributed by atoms with Crippen LogP contribution in [0, 0.1) is 13.8 Å². The van der Waals surface area contributed by atoms with Crippen molar-refractivity contribution in [2.45, 2.75) is 33.1 Å². The van der Waals surface area contributed by atoms with Crippen LogP contribution < -0.4 is 4.90 Å². The van der Waals surface area contributed by atoms with E-state index in [9.17, 15) is 9.59 Å². The molecule has 2 aliphatic heterocycles. The predicted octanol–water partition coefficient (Wildman–Crippen LogP) is 4.78. The Hall–Kier alpha value is -2.28. The standard InChI is InChI=1S/C25H31ClN4O2.ClH/c1-16-21(27-17(2)23(16)25(32)29-11-5-6-12-29)15-20-19-14-18(26)8-9-22(19)30(24(20)31)13-7-10-28(3)4;/h8-9,14-15,27H,5-7,10-13H2,1-4H3;1H/b20-15-;. The molecule has 1 N–H and O–H groups in total. The number of aryl methyl sites for hydroxylation is 1. The van der Waals surface area contributed by atoms with E-state index in [0.717, 1.165) is 72.7 Å². The van der Waals surface area contributed by atoms with Crippen LogP contribution in [0.1, 0.15) is 52.1 Å². The van der Waals surface area contributed by atoms with Crippen LogP contribution in [0.25, 0.3) is 11.6 Å². The van der Waals surface area contributed by atoms with E-state index in [0.29, 0.717) is 17.1 Å². The zero-order chi connectivity index (χ0) is 23.0. The van der Waals surface area contributed by atoms with Crippen LogP contribution in [0.4, 0.5) is 5.69 Å². The maximum atomic E-state index is 13.4. The van der Waals surface area contributed by atoms with Gasteiger partial charge < -0.3 is 19.7 Å². The highest BCUT2D eigenvalue weighted by Crippen LogP contribution is 2.40. The number of likely N-dealkylation sites (tertiary alicyclic amines) is 1. The molecule has 6 nitrogen and oxygen atoms in total. The topological polar surface area (TPSA) is 59.7 Å². The second-order valence-electron chi connectivity index (χ2n) is 9.00. The third-order valence-corrected chi connectivity index (χ3v) is 6.61. The number of aromatic amines is 1. The number of H-pyrrole nitrogens is 1. The van der Waals surface area contributed by atoms with Crippen LogP contribution in [0.15, 0.2) is 18.2 Å². The smallest absolute Gasteiger partial charge is 0.259 e. The fraction of sp³-hybridized carbons (Fsp3) is 0.440. The number of benzene rings is 1. The van der Waals surface area contributed by atoms with Crippen molar-refractivity contribution in [3.05, 3.63) is 51.3 Å². The van der Waals surface area contributed by atoms with Crippen molar-refractivity contribution in [1.29, 1.82) is 0 Å². The van der Waals surface area contributed by atoms with Gasteiger partial charge >= 0.3 is 0 Å². The molecule has 0 atom stereocenters. The normalized spacial score (nSPS) is 16.7. The number of carbonyl (C=O) groups is 2. The molecule has 1 aromatic heterocycles. The van der Waals surface area contributed by atoms with Crippen molar-refractivity contribution in [1.82, 2.24) is 14.8 Å². The molecule has 4 rings (SSSR count). The maximum Gasteiger partial charge on any atom is 0.259 e. The third-order valence-electron chi connectivity index (χ3n) is 6.37. The number of rotatable bonds is 6. The van der Waals surface area contributed by atoms with E-state index in [4.69, 9.17) is 11.6 Å². The number of amides is 2. The van der Waals surface area contributed by atoms with E-state index in [1.54, 1.807) is 0 Å². The molecule has 3 heterocycles. The molecule has 178 valence electrons. The van der Waals surface area contributed by atoms with E-state index in [1.807, 2.05) is 62.0 Å². The van der Waals surface area contributed by atoms with Crippen LogP contribution >= 0.6 is 24.0 Å².